The van der Waals surface area contributed by atoms with Crippen molar-refractivity contribution >= 4 is 35.1 Å². The van der Waals surface area contributed by atoms with Crippen LogP contribution in [0.15, 0.2) is 41.7 Å². The predicted molar refractivity (Wildman–Crippen MR) is 110 cm³/mol. The van der Waals surface area contributed by atoms with Crippen LogP contribution in [-0.4, -0.2) is 45.8 Å². The van der Waals surface area contributed by atoms with Crippen LogP contribution in [0.5, 0.6) is 0 Å². The number of hydrogen-bond donors (Lipinski definition) is 2. The molecular formula is C20H22FN7. The van der Waals surface area contributed by atoms with Crippen LogP contribution in [0.3, 0.4) is 0 Å². The second kappa shape index (κ2) is 9.07. The highest BCUT2D eigenvalue weighted by Crippen LogP contribution is 2.21. The van der Waals surface area contributed by atoms with Crippen molar-refractivity contribution in [2.24, 2.45) is 4.99 Å². The zero-order valence-electron chi connectivity index (χ0n) is 15.8. The average molecular weight is 379 g/mol. The Morgan fingerprint density at radius 1 is 1.14 bits per heavy atom. The van der Waals surface area contributed by atoms with Gasteiger partial charge in [0.15, 0.2) is 5.82 Å². The van der Waals surface area contributed by atoms with Crippen molar-refractivity contribution in [2.75, 3.05) is 18.5 Å². The summed E-state index contributed by atoms with van der Waals surface area (Å²) in [6, 6.07) is 7.51. The van der Waals surface area contributed by atoms with E-state index in [1.54, 1.807) is 18.6 Å². The van der Waals surface area contributed by atoms with Crippen molar-refractivity contribution in [3.8, 4) is 0 Å². The molecule has 3 aromatic heterocycles. The maximum Gasteiger partial charge on any atom is 0.154 e. The third-order valence-electron chi connectivity index (χ3n) is 4.20. The van der Waals surface area contributed by atoms with E-state index in [2.05, 4.69) is 44.3 Å². The second-order valence-electron chi connectivity index (χ2n) is 6.59. The topological polar surface area (TPSA) is 99.8 Å². The van der Waals surface area contributed by atoms with E-state index < -0.39 is 6.67 Å². The second-order valence-corrected chi connectivity index (χ2v) is 6.59. The van der Waals surface area contributed by atoms with Gasteiger partial charge in [-0.05, 0) is 41.3 Å². The molecule has 7 nitrogen and oxygen atoms in total. The van der Waals surface area contributed by atoms with E-state index in [1.807, 2.05) is 24.3 Å². The SMILES string of the molecule is CC(C)c1cnnc(Nc2ccc3ncc(C(C=N)C=NCCF)cc3n2)c1. The Morgan fingerprint density at radius 3 is 2.75 bits per heavy atom. The van der Waals surface area contributed by atoms with Crippen molar-refractivity contribution in [2.45, 2.75) is 25.7 Å². The molecule has 144 valence electrons. The molecule has 0 saturated heterocycles. The highest BCUT2D eigenvalue weighted by molar-refractivity contribution is 5.90. The van der Waals surface area contributed by atoms with Gasteiger partial charge in [-0.2, -0.15) is 5.10 Å². The Bertz CT molecular complexity index is 987. The van der Waals surface area contributed by atoms with Crippen LogP contribution in [0, 0.1) is 5.41 Å². The first-order valence-electron chi connectivity index (χ1n) is 9.03. The number of halogens is 1. The van der Waals surface area contributed by atoms with Crippen molar-refractivity contribution < 1.29 is 4.39 Å². The van der Waals surface area contributed by atoms with E-state index in [0.717, 1.165) is 16.6 Å². The number of anilines is 2. The number of hydrogen-bond acceptors (Lipinski definition) is 7. The van der Waals surface area contributed by atoms with Crippen LogP contribution < -0.4 is 5.32 Å². The van der Waals surface area contributed by atoms with Crippen LogP contribution in [0.2, 0.25) is 0 Å². The fraction of sp³-hybridized carbons (Fsp3) is 0.300. The fourth-order valence-electron chi connectivity index (χ4n) is 2.63. The Labute approximate surface area is 162 Å². The van der Waals surface area contributed by atoms with Crippen LogP contribution >= 0.6 is 0 Å². The van der Waals surface area contributed by atoms with Gasteiger partial charge < -0.3 is 10.7 Å². The normalized spacial score (nSPS) is 12.6. The summed E-state index contributed by atoms with van der Waals surface area (Å²) in [5, 5.41) is 18.9. The summed E-state index contributed by atoms with van der Waals surface area (Å²) in [5.41, 5.74) is 3.28. The van der Waals surface area contributed by atoms with E-state index >= 15 is 0 Å². The Hall–Kier alpha value is -3.29. The lowest BCUT2D eigenvalue weighted by Gasteiger charge is -2.10. The molecule has 0 aliphatic carbocycles. The summed E-state index contributed by atoms with van der Waals surface area (Å²) < 4.78 is 12.2. The van der Waals surface area contributed by atoms with Gasteiger partial charge in [-0.25, -0.2) is 9.37 Å². The Balaban J connectivity index is 1.87. The number of nitrogens with zero attached hydrogens (tertiary/aromatic N) is 5. The smallest absolute Gasteiger partial charge is 0.154 e. The van der Waals surface area contributed by atoms with Crippen LogP contribution in [0.25, 0.3) is 11.0 Å². The summed E-state index contributed by atoms with van der Waals surface area (Å²) >= 11 is 0. The minimum absolute atomic E-state index is 0.0914. The first kappa shape index (κ1) is 19.5. The van der Waals surface area contributed by atoms with E-state index in [9.17, 15) is 4.39 Å². The minimum atomic E-state index is -0.519. The fourth-order valence-corrected chi connectivity index (χ4v) is 2.63. The lowest BCUT2D eigenvalue weighted by Crippen LogP contribution is -2.04. The van der Waals surface area contributed by atoms with E-state index in [1.165, 1.54) is 6.21 Å². The standard InChI is InChI=1S/C20H22FN7/c1-13(2)14-8-20(28-25-12-14)27-19-4-3-17-18(26-19)7-15(11-24-17)16(9-22)10-23-6-5-21/h3-4,7-13,16,22H,5-6H2,1-2H3,(H,26,27,28). The van der Waals surface area contributed by atoms with Gasteiger partial charge in [-0.3, -0.25) is 9.98 Å². The van der Waals surface area contributed by atoms with Crippen molar-refractivity contribution in [1.29, 1.82) is 5.41 Å². The molecule has 0 aliphatic rings. The molecule has 28 heavy (non-hydrogen) atoms. The number of fused-ring (bicyclic) bond motifs is 1. The molecule has 0 amide bonds. The Morgan fingerprint density at radius 2 is 2.00 bits per heavy atom. The van der Waals surface area contributed by atoms with Crippen molar-refractivity contribution in [3.05, 3.63) is 47.8 Å². The zero-order valence-corrected chi connectivity index (χ0v) is 15.8. The molecule has 8 heteroatoms. The highest BCUT2D eigenvalue weighted by Gasteiger charge is 2.09. The van der Waals surface area contributed by atoms with E-state index in [0.29, 0.717) is 23.1 Å². The molecule has 1 unspecified atom stereocenters. The van der Waals surface area contributed by atoms with Gasteiger partial charge in [0.05, 0.1) is 29.7 Å². The molecule has 0 spiro atoms. The molecule has 0 saturated carbocycles. The first-order chi connectivity index (χ1) is 13.6. The summed E-state index contributed by atoms with van der Waals surface area (Å²) in [6.07, 6.45) is 6.25. The molecule has 0 fully saturated rings. The molecule has 2 N–H and O–H groups in total. The third-order valence-corrected chi connectivity index (χ3v) is 4.20. The van der Waals surface area contributed by atoms with Crippen molar-refractivity contribution in [1.82, 2.24) is 20.2 Å². The molecule has 0 radical (unpaired) electrons. The first-order valence-corrected chi connectivity index (χ1v) is 9.03. The van der Waals surface area contributed by atoms with Gasteiger partial charge in [0.25, 0.3) is 0 Å². The van der Waals surface area contributed by atoms with Crippen LogP contribution in [0.4, 0.5) is 16.0 Å². The van der Waals surface area contributed by atoms with Gasteiger partial charge >= 0.3 is 0 Å². The number of pyridine rings is 2. The quantitative estimate of drug-likeness (QED) is 0.575. The van der Waals surface area contributed by atoms with Gasteiger partial charge in [-0.15, -0.1) is 5.10 Å². The van der Waals surface area contributed by atoms with Gasteiger partial charge in [-0.1, -0.05) is 13.8 Å². The molecule has 0 aliphatic heterocycles. The molecule has 1 atom stereocenters. The summed E-state index contributed by atoms with van der Waals surface area (Å²) in [4.78, 5) is 13.0. The van der Waals surface area contributed by atoms with Gasteiger partial charge in [0.2, 0.25) is 0 Å². The average Bonchev–Trinajstić information content (AvgIpc) is 2.71. The number of alkyl halides is 1. The molecule has 3 rings (SSSR count). The summed E-state index contributed by atoms with van der Waals surface area (Å²) in [5.74, 6) is 1.23. The lowest BCUT2D eigenvalue weighted by atomic mass is 10.0. The molecule has 3 heterocycles. The maximum absolute atomic E-state index is 12.2. The largest absolute Gasteiger partial charge is 0.323 e. The zero-order chi connectivity index (χ0) is 19.9. The number of rotatable bonds is 8. The third kappa shape index (κ3) is 4.70. The van der Waals surface area contributed by atoms with Crippen molar-refractivity contribution in [3.63, 3.8) is 0 Å². The number of nitrogens with one attached hydrogen (secondary N) is 2. The van der Waals surface area contributed by atoms with E-state index in [4.69, 9.17) is 5.41 Å². The molecular weight excluding hydrogens is 357 g/mol. The minimum Gasteiger partial charge on any atom is -0.323 e. The van der Waals surface area contributed by atoms with Crippen LogP contribution in [-0.2, 0) is 0 Å². The Kier molecular flexibility index (Phi) is 6.31. The van der Waals surface area contributed by atoms with Crippen LogP contribution in [0.1, 0.15) is 36.8 Å². The molecule has 3 aromatic rings. The number of aromatic nitrogens is 4. The summed E-state index contributed by atoms with van der Waals surface area (Å²) in [6.45, 7) is 3.76. The monoisotopic (exact) mass is 379 g/mol. The molecule has 0 bridgehead atoms. The van der Waals surface area contributed by atoms with Gasteiger partial charge in [0, 0.05) is 18.6 Å². The maximum atomic E-state index is 12.2. The van der Waals surface area contributed by atoms with Gasteiger partial charge in [0.1, 0.15) is 12.5 Å². The summed E-state index contributed by atoms with van der Waals surface area (Å²) in [7, 11) is 0. The van der Waals surface area contributed by atoms with E-state index in [-0.39, 0.29) is 12.5 Å². The lowest BCUT2D eigenvalue weighted by molar-refractivity contribution is 0.505. The predicted octanol–water partition coefficient (Wildman–Crippen LogP) is 4.06. The highest BCUT2D eigenvalue weighted by atomic mass is 19.1. The molecule has 0 aromatic carbocycles. The number of aliphatic imine (C=N–C) groups is 1.